The Morgan fingerprint density at radius 3 is 1.97 bits per heavy atom. The number of furan rings is 2. The van der Waals surface area contributed by atoms with E-state index in [1.54, 1.807) is 0 Å². The van der Waals surface area contributed by atoms with Crippen LogP contribution in [0.25, 0.3) is 66.1 Å². The van der Waals surface area contributed by atoms with Gasteiger partial charge in [-0.2, -0.15) is 0 Å². The number of benzene rings is 6. The standard InChI is InChI=1S/C36H23NO2/c1-3-10-23(11-4-1)25-18-19-29-33(22-25)39-36-26(24-12-5-2-6-13-24)20-21-30(34(29)36)37-31-16-9-15-28-27-14-7-8-17-32(27)38-35(28)31/h1-22,37H. The number of para-hydroxylation sites is 2. The molecule has 0 aliphatic rings. The average molecular weight is 502 g/mol. The van der Waals surface area contributed by atoms with E-state index in [1.807, 2.05) is 30.3 Å². The fraction of sp³-hybridized carbons (Fsp3) is 0. The third kappa shape index (κ3) is 3.52. The summed E-state index contributed by atoms with van der Waals surface area (Å²) in [5.41, 5.74) is 9.83. The molecule has 0 saturated heterocycles. The first-order chi connectivity index (χ1) is 19.3. The van der Waals surface area contributed by atoms with Crippen LogP contribution in [-0.4, -0.2) is 0 Å². The number of rotatable bonds is 4. The minimum Gasteiger partial charge on any atom is -0.455 e. The molecule has 8 rings (SSSR count). The van der Waals surface area contributed by atoms with Crippen LogP contribution in [0.4, 0.5) is 11.4 Å². The molecule has 3 nitrogen and oxygen atoms in total. The van der Waals surface area contributed by atoms with E-state index in [1.165, 1.54) is 0 Å². The Kier molecular flexibility index (Phi) is 4.82. The molecule has 0 atom stereocenters. The summed E-state index contributed by atoms with van der Waals surface area (Å²) in [7, 11) is 0. The van der Waals surface area contributed by atoms with E-state index in [0.717, 1.165) is 77.5 Å². The van der Waals surface area contributed by atoms with Gasteiger partial charge in [-0.05, 0) is 53.1 Å². The van der Waals surface area contributed by atoms with Crippen molar-refractivity contribution >= 4 is 55.3 Å². The lowest BCUT2D eigenvalue weighted by atomic mass is 9.99. The van der Waals surface area contributed by atoms with Crippen molar-refractivity contribution in [1.29, 1.82) is 0 Å². The van der Waals surface area contributed by atoms with Gasteiger partial charge in [-0.3, -0.25) is 0 Å². The molecule has 0 aliphatic heterocycles. The van der Waals surface area contributed by atoms with Crippen molar-refractivity contribution in [3.63, 3.8) is 0 Å². The normalized spacial score (nSPS) is 11.6. The third-order valence-electron chi connectivity index (χ3n) is 7.49. The van der Waals surface area contributed by atoms with Crippen LogP contribution >= 0.6 is 0 Å². The molecule has 0 bridgehead atoms. The molecule has 6 aromatic carbocycles. The molecule has 3 heteroatoms. The van der Waals surface area contributed by atoms with Crippen molar-refractivity contribution in [2.75, 3.05) is 5.32 Å². The van der Waals surface area contributed by atoms with Crippen molar-refractivity contribution in [1.82, 2.24) is 0 Å². The first-order valence-corrected chi connectivity index (χ1v) is 13.1. The summed E-state index contributed by atoms with van der Waals surface area (Å²) in [5.74, 6) is 0. The highest BCUT2D eigenvalue weighted by Gasteiger charge is 2.18. The van der Waals surface area contributed by atoms with Crippen LogP contribution in [-0.2, 0) is 0 Å². The van der Waals surface area contributed by atoms with Crippen LogP contribution in [0.3, 0.4) is 0 Å². The Morgan fingerprint density at radius 2 is 1.13 bits per heavy atom. The van der Waals surface area contributed by atoms with Gasteiger partial charge in [0.15, 0.2) is 5.58 Å². The highest BCUT2D eigenvalue weighted by molar-refractivity contribution is 6.17. The van der Waals surface area contributed by atoms with Crippen LogP contribution in [0.15, 0.2) is 142 Å². The Morgan fingerprint density at radius 1 is 0.410 bits per heavy atom. The van der Waals surface area contributed by atoms with Crippen LogP contribution in [0.2, 0.25) is 0 Å². The first-order valence-electron chi connectivity index (χ1n) is 13.1. The Bertz CT molecular complexity index is 2140. The zero-order valence-corrected chi connectivity index (χ0v) is 21.0. The van der Waals surface area contributed by atoms with E-state index in [-0.39, 0.29) is 0 Å². The molecule has 0 amide bonds. The largest absolute Gasteiger partial charge is 0.455 e. The second kappa shape index (κ2) is 8.64. The fourth-order valence-corrected chi connectivity index (χ4v) is 5.63. The molecule has 0 unspecified atom stereocenters. The minimum absolute atomic E-state index is 0.846. The molecule has 1 N–H and O–H groups in total. The van der Waals surface area contributed by atoms with Crippen LogP contribution in [0.5, 0.6) is 0 Å². The summed E-state index contributed by atoms with van der Waals surface area (Å²) in [5, 5.41) is 8.03. The van der Waals surface area contributed by atoms with Crippen LogP contribution in [0.1, 0.15) is 0 Å². The lowest BCUT2D eigenvalue weighted by Crippen LogP contribution is -1.92. The number of nitrogens with one attached hydrogen (secondary N) is 1. The smallest absolute Gasteiger partial charge is 0.158 e. The maximum Gasteiger partial charge on any atom is 0.158 e. The quantitative estimate of drug-likeness (QED) is 0.261. The van der Waals surface area contributed by atoms with E-state index in [2.05, 4.69) is 108 Å². The molecule has 0 spiro atoms. The van der Waals surface area contributed by atoms with Gasteiger partial charge in [0, 0.05) is 21.7 Å². The van der Waals surface area contributed by atoms with Gasteiger partial charge in [0.1, 0.15) is 16.7 Å². The van der Waals surface area contributed by atoms with E-state index in [4.69, 9.17) is 8.83 Å². The Balaban J connectivity index is 1.36. The van der Waals surface area contributed by atoms with Gasteiger partial charge in [0.2, 0.25) is 0 Å². The van der Waals surface area contributed by atoms with Crippen LogP contribution < -0.4 is 5.32 Å². The Labute approximate surface area is 224 Å². The summed E-state index contributed by atoms with van der Waals surface area (Å²) >= 11 is 0. The maximum absolute atomic E-state index is 6.65. The van der Waals surface area contributed by atoms with Gasteiger partial charge in [-0.25, -0.2) is 0 Å². The number of anilines is 2. The molecule has 2 aromatic heterocycles. The summed E-state index contributed by atoms with van der Waals surface area (Å²) < 4.78 is 13.0. The van der Waals surface area contributed by atoms with Gasteiger partial charge in [0.25, 0.3) is 0 Å². The molecule has 0 saturated carbocycles. The lowest BCUT2D eigenvalue weighted by Gasteiger charge is -2.11. The molecular formula is C36H23NO2. The summed E-state index contributed by atoms with van der Waals surface area (Å²) in [6, 6.07) is 46.0. The highest BCUT2D eigenvalue weighted by atomic mass is 16.3. The number of hydrogen-bond acceptors (Lipinski definition) is 3. The fourth-order valence-electron chi connectivity index (χ4n) is 5.63. The van der Waals surface area contributed by atoms with E-state index < -0.39 is 0 Å². The number of fused-ring (bicyclic) bond motifs is 6. The van der Waals surface area contributed by atoms with Crippen molar-refractivity contribution in [2.24, 2.45) is 0 Å². The summed E-state index contributed by atoms with van der Waals surface area (Å²) in [6.07, 6.45) is 0. The minimum atomic E-state index is 0.846. The average Bonchev–Trinajstić information content (AvgIpc) is 3.58. The van der Waals surface area contributed by atoms with Gasteiger partial charge in [0.05, 0.1) is 16.8 Å². The predicted octanol–water partition coefficient (Wildman–Crippen LogP) is 10.6. The summed E-state index contributed by atoms with van der Waals surface area (Å²) in [4.78, 5) is 0. The molecule has 39 heavy (non-hydrogen) atoms. The van der Waals surface area contributed by atoms with Gasteiger partial charge >= 0.3 is 0 Å². The second-order valence-corrected chi connectivity index (χ2v) is 9.82. The summed E-state index contributed by atoms with van der Waals surface area (Å²) in [6.45, 7) is 0. The molecule has 184 valence electrons. The lowest BCUT2D eigenvalue weighted by molar-refractivity contribution is 0.669. The molecule has 2 heterocycles. The third-order valence-corrected chi connectivity index (χ3v) is 7.49. The van der Waals surface area contributed by atoms with E-state index in [0.29, 0.717) is 0 Å². The molecule has 0 aliphatic carbocycles. The van der Waals surface area contributed by atoms with Crippen molar-refractivity contribution in [3.8, 4) is 22.3 Å². The zero-order valence-electron chi connectivity index (χ0n) is 21.0. The topological polar surface area (TPSA) is 38.3 Å². The van der Waals surface area contributed by atoms with Gasteiger partial charge < -0.3 is 14.2 Å². The monoisotopic (exact) mass is 501 g/mol. The predicted molar refractivity (Wildman–Crippen MR) is 162 cm³/mol. The maximum atomic E-state index is 6.65. The molecular weight excluding hydrogens is 478 g/mol. The Hall–Kier alpha value is -5.28. The first kappa shape index (κ1) is 21.8. The van der Waals surface area contributed by atoms with Crippen molar-refractivity contribution < 1.29 is 8.83 Å². The van der Waals surface area contributed by atoms with Crippen LogP contribution in [0, 0.1) is 0 Å². The molecule has 0 fully saturated rings. The number of hydrogen-bond donors (Lipinski definition) is 1. The highest BCUT2D eigenvalue weighted by Crippen LogP contribution is 2.43. The van der Waals surface area contributed by atoms with E-state index >= 15 is 0 Å². The van der Waals surface area contributed by atoms with Crippen molar-refractivity contribution in [3.05, 3.63) is 133 Å². The molecule has 0 radical (unpaired) electrons. The SMILES string of the molecule is c1ccc(-c2ccc3c(c2)oc2c(-c4ccccc4)ccc(Nc4cccc5c4oc4ccccc45)c23)cc1. The molecule has 8 aromatic rings. The zero-order chi connectivity index (χ0) is 25.8. The second-order valence-electron chi connectivity index (χ2n) is 9.82. The van der Waals surface area contributed by atoms with Crippen molar-refractivity contribution in [2.45, 2.75) is 0 Å². The van der Waals surface area contributed by atoms with E-state index in [9.17, 15) is 0 Å². The van der Waals surface area contributed by atoms with Gasteiger partial charge in [-0.1, -0.05) is 97.1 Å². The van der Waals surface area contributed by atoms with Gasteiger partial charge in [-0.15, -0.1) is 0 Å².